The van der Waals surface area contributed by atoms with Gasteiger partial charge in [0, 0.05) is 79.2 Å². The van der Waals surface area contributed by atoms with Crippen molar-refractivity contribution in [2.45, 2.75) is 202 Å². The molecule has 3 aliphatic heterocycles. The van der Waals surface area contributed by atoms with Crippen LogP contribution in [0.1, 0.15) is 77.0 Å². The fourth-order valence-electron chi connectivity index (χ4n) is 8.30. The van der Waals surface area contributed by atoms with E-state index in [2.05, 4.69) is 67.3 Å². The molecule has 0 aliphatic carbocycles. The third-order valence-electron chi connectivity index (χ3n) is 12.4. The van der Waals surface area contributed by atoms with Crippen molar-refractivity contribution >= 4 is 50.6 Å². The van der Waals surface area contributed by atoms with Gasteiger partial charge in [0.1, 0.15) is 0 Å². The molecule has 0 radical (unpaired) electrons. The summed E-state index contributed by atoms with van der Waals surface area (Å²) < 4.78 is 394. The van der Waals surface area contributed by atoms with Crippen molar-refractivity contribution in [1.29, 1.82) is 0 Å². The summed E-state index contributed by atoms with van der Waals surface area (Å²) in [5.74, 6) is 0. The Morgan fingerprint density at radius 2 is 0.567 bits per heavy atom. The summed E-state index contributed by atoms with van der Waals surface area (Å²) >= 11 is 0. The molecule has 6 atom stereocenters. The largest absolute Gasteiger partial charge is 0.435 e. The maximum Gasteiger partial charge on any atom is 0.416 e. The monoisotopic (exact) mass is 1720 g/mol. The molecule has 0 aromatic rings. The van der Waals surface area contributed by atoms with E-state index < -0.39 is 148 Å². The van der Waals surface area contributed by atoms with Crippen LogP contribution in [0.3, 0.4) is 0 Å². The Morgan fingerprint density at radius 1 is 0.346 bits per heavy atom. The van der Waals surface area contributed by atoms with Gasteiger partial charge in [0.2, 0.25) is 20.6 Å². The zero-order valence-corrected chi connectivity index (χ0v) is 64.0. The van der Waals surface area contributed by atoms with E-state index in [9.17, 15) is 119 Å². The van der Waals surface area contributed by atoms with Gasteiger partial charge in [-0.15, -0.1) is 19.7 Å². The Kier molecular flexibility index (Phi) is 80.7. The van der Waals surface area contributed by atoms with Gasteiger partial charge in [0.05, 0.1) is 39.1 Å². The summed E-state index contributed by atoms with van der Waals surface area (Å²) in [5.41, 5.74) is 1.82. The van der Waals surface area contributed by atoms with Gasteiger partial charge in [0.25, 0.3) is 0 Å². The molecular formula is C53H97F33O12Si6. The number of hydrogen-bond donors (Lipinski definition) is 0. The first-order chi connectivity index (χ1) is 48.0. The molecule has 0 saturated carbocycles. The van der Waals surface area contributed by atoms with E-state index in [0.717, 1.165) is 126 Å². The molecule has 0 aromatic carbocycles. The van der Waals surface area contributed by atoms with Crippen LogP contribution >= 0.6 is 0 Å². The number of ether oxygens (including phenoxy) is 3. The van der Waals surface area contributed by atoms with Crippen LogP contribution in [0.5, 0.6) is 0 Å². The van der Waals surface area contributed by atoms with Gasteiger partial charge in [-0.3, -0.25) is 0 Å². The van der Waals surface area contributed by atoms with E-state index in [1.165, 1.54) is 0 Å². The van der Waals surface area contributed by atoms with Gasteiger partial charge in [-0.2, -0.15) is 93.9 Å². The summed E-state index contributed by atoms with van der Waals surface area (Å²) in [6.45, 7) is 16.0. The van der Waals surface area contributed by atoms with E-state index in [1.807, 2.05) is 24.4 Å². The first-order valence-corrected chi connectivity index (χ1v) is 46.4. The van der Waals surface area contributed by atoms with Crippen LogP contribution in [-0.4, -0.2) is 188 Å². The van der Waals surface area contributed by atoms with Gasteiger partial charge >= 0.3 is 62.7 Å². The van der Waals surface area contributed by atoms with Crippen molar-refractivity contribution in [3.05, 3.63) is 37.6 Å². The van der Waals surface area contributed by atoms with Crippen molar-refractivity contribution in [2.75, 3.05) is 100 Å². The zero-order valence-electron chi connectivity index (χ0n) is 58.0. The fourth-order valence-corrected chi connectivity index (χ4v) is 34.2. The average molecular weight is 1720 g/mol. The van der Waals surface area contributed by atoms with Crippen LogP contribution in [0.4, 0.5) is 146 Å². The van der Waals surface area contributed by atoms with Gasteiger partial charge < -0.3 is 39.8 Å². The van der Waals surface area contributed by atoms with Crippen LogP contribution in [0.15, 0.2) is 37.6 Å². The lowest BCUT2D eigenvalue weighted by molar-refractivity contribution is -0.167. The maximum absolute atomic E-state index is 12.0. The minimum Gasteiger partial charge on any atom is -0.435 e. The van der Waals surface area contributed by atoms with Crippen LogP contribution in [0.25, 0.3) is 0 Å². The highest BCUT2D eigenvalue weighted by molar-refractivity contribution is 6.86. The van der Waals surface area contributed by atoms with Crippen molar-refractivity contribution in [2.24, 2.45) is 0 Å². The lowest BCUT2D eigenvalue weighted by Gasteiger charge is -2.39. The van der Waals surface area contributed by atoms with Gasteiger partial charge in [-0.1, -0.05) is 37.1 Å². The van der Waals surface area contributed by atoms with Gasteiger partial charge in [-0.25, -0.2) is 26.3 Å². The minimum atomic E-state index is -4.62. The number of allylic oxidation sites excluding steroid dienone is 2. The number of rotatable bonds is 26. The standard InChI is InChI=1S/2C15H29F3O3Si2.C14H27F3O3Si2.3C2H2F4.3CH2F2O.3F2/c2*1-4-12-23(3)20-10-5-6-13-22(2,21-23)14-7-9-19-11-8-15(16,17)18;1-4-22(3)19-10-5-6-12-21(2,20-22)13-7-9-18-11-8-14(15,16)17;3*3-1-2(4,5)6;3*2-1-4-3;3*1-2/h2*4H,1,5-14H2,2-3H3;4H,1,5-13H2,2-3H3;3*1H2;3*1H2;;;. The molecule has 3 rings (SSSR count). The van der Waals surface area contributed by atoms with E-state index in [0.29, 0.717) is 19.8 Å². The first-order valence-electron chi connectivity index (χ1n) is 30.5. The molecule has 636 valence electrons. The smallest absolute Gasteiger partial charge is 0.416 e. The molecule has 3 heterocycles. The lowest BCUT2D eigenvalue weighted by atomic mass is 10.4. The SMILES string of the molecule is C=CC[Si]1(C)OCCCC[Si](C)(CCCOCCC(F)(F)F)O1.C=CC[Si]1(C)OCCCC[Si](C)(CCCOCCC(F)(F)F)O1.C=C[Si]1(C)OCCCC[Si](C)(CCCOCCC(F)(F)F)O1.FCC(F)(F)F.FCC(F)(F)F.FCC(F)(F)F.FCOF.FCOF.FCOF.FF.FF.FF. The molecule has 0 aromatic heterocycles. The molecule has 51 heteroatoms. The highest BCUT2D eigenvalue weighted by Gasteiger charge is 2.44. The molecule has 3 fully saturated rings. The van der Waals surface area contributed by atoms with E-state index in [1.54, 1.807) is 0 Å². The third-order valence-corrected chi connectivity index (χ3v) is 37.1. The molecule has 0 bridgehead atoms. The van der Waals surface area contributed by atoms with Crippen molar-refractivity contribution < 1.29 is 201 Å². The van der Waals surface area contributed by atoms with Crippen molar-refractivity contribution in [1.82, 2.24) is 0 Å². The molecule has 3 saturated heterocycles. The van der Waals surface area contributed by atoms with Gasteiger partial charge in [0.15, 0.2) is 45.0 Å². The van der Waals surface area contributed by atoms with E-state index in [-0.39, 0.29) is 19.8 Å². The highest BCUT2D eigenvalue weighted by Crippen LogP contribution is 2.34. The summed E-state index contributed by atoms with van der Waals surface area (Å²) in [4.78, 5) is 7.12. The third kappa shape index (κ3) is 93.9. The maximum atomic E-state index is 12.0. The second-order valence-corrected chi connectivity index (χ2v) is 45.0. The first kappa shape index (κ1) is 120. The Balaban J connectivity index is -0.000000150. The number of hydrogen-bond acceptors (Lipinski definition) is 12. The van der Waals surface area contributed by atoms with Gasteiger partial charge in [-0.05, 0) is 128 Å². The molecule has 0 amide bonds. The quantitative estimate of drug-likeness (QED) is 0.0356. The minimum absolute atomic E-state index is 0.255. The topological polar surface area (TPSA) is 111 Å². The Morgan fingerprint density at radius 3 is 0.760 bits per heavy atom. The van der Waals surface area contributed by atoms with Crippen molar-refractivity contribution in [3.63, 3.8) is 0 Å². The average Bonchev–Trinajstić information content (AvgIpc) is 0.846. The molecule has 3 aliphatic rings. The van der Waals surface area contributed by atoms with Crippen LogP contribution in [0.2, 0.25) is 87.6 Å². The summed E-state index contributed by atoms with van der Waals surface area (Å²) in [6.07, 6.45) is -16.6. The fraction of sp³-hybridized carbons (Fsp3) is 0.887. The molecule has 0 N–H and O–H groups in total. The Labute approximate surface area is 589 Å². The van der Waals surface area contributed by atoms with E-state index >= 15 is 0 Å². The molecule has 104 heavy (non-hydrogen) atoms. The predicted octanol–water partition coefficient (Wildman–Crippen LogP) is 24.1. The second-order valence-electron chi connectivity index (χ2n) is 22.2. The summed E-state index contributed by atoms with van der Waals surface area (Å²) in [5, 5.41) is 0. The lowest BCUT2D eigenvalue weighted by Crippen LogP contribution is -2.51. The van der Waals surface area contributed by atoms with Crippen LogP contribution in [-0.2, 0) is 54.7 Å². The number of halogens is 33. The Hall–Kier alpha value is -2.27. The Bertz CT molecular complexity index is 1780. The normalized spacial score (nSPS) is 22.8. The van der Waals surface area contributed by atoms with Crippen molar-refractivity contribution in [3.8, 4) is 0 Å². The zero-order chi connectivity index (χ0) is 83.4. The molecule has 12 nitrogen and oxygen atoms in total. The van der Waals surface area contributed by atoms with Crippen LogP contribution in [0, 0.1) is 0 Å². The van der Waals surface area contributed by atoms with Crippen LogP contribution < -0.4 is 0 Å². The molecule has 0 spiro atoms. The second kappa shape index (κ2) is 69.9. The summed E-state index contributed by atoms with van der Waals surface area (Å²) in [7, 11) is -12.4. The molecular weight excluding hydrogens is 1620 g/mol. The highest BCUT2D eigenvalue weighted by atomic mass is 28.4. The van der Waals surface area contributed by atoms with E-state index in [4.69, 9.17) is 67.3 Å². The number of alkyl halides is 24. The summed E-state index contributed by atoms with van der Waals surface area (Å²) in [6, 6.07) is 7.48. The molecule has 6 unspecified atom stereocenters. The predicted molar refractivity (Wildman–Crippen MR) is 333 cm³/mol.